The molecule has 3 rings (SSSR count). The normalized spacial score (nSPS) is 26.4. The average molecular weight is 280 g/mol. The average Bonchev–Trinajstić information content (AvgIpc) is 3.09. The molecule has 8 nitrogen and oxygen atoms in total. The number of aliphatic hydroxyl groups is 2. The van der Waals surface area contributed by atoms with E-state index in [0.29, 0.717) is 30.9 Å². The lowest BCUT2D eigenvalue weighted by atomic mass is 10.3. The third-order valence-electron chi connectivity index (χ3n) is 3.77. The van der Waals surface area contributed by atoms with Gasteiger partial charge in [0.2, 0.25) is 17.8 Å². The van der Waals surface area contributed by atoms with Gasteiger partial charge in [-0.15, -0.1) is 0 Å². The number of anilines is 3. The van der Waals surface area contributed by atoms with Crippen molar-refractivity contribution < 1.29 is 10.2 Å². The van der Waals surface area contributed by atoms with E-state index in [4.69, 9.17) is 0 Å². The molecule has 0 bridgehead atoms. The second-order valence-electron chi connectivity index (χ2n) is 5.24. The monoisotopic (exact) mass is 280 g/mol. The Morgan fingerprint density at radius 3 is 2.05 bits per heavy atom. The molecule has 1 aromatic rings. The van der Waals surface area contributed by atoms with Crippen molar-refractivity contribution in [2.24, 2.45) is 0 Å². The Morgan fingerprint density at radius 1 is 0.950 bits per heavy atom. The summed E-state index contributed by atoms with van der Waals surface area (Å²) in [6, 6.07) is 0. The van der Waals surface area contributed by atoms with Gasteiger partial charge in [-0.3, -0.25) is 0 Å². The van der Waals surface area contributed by atoms with Crippen LogP contribution >= 0.6 is 0 Å². The molecule has 1 aromatic heterocycles. The minimum atomic E-state index is -0.750. The predicted octanol–water partition coefficient (Wildman–Crippen LogP) is -0.945. The zero-order chi connectivity index (χ0) is 14.1. The SMILES string of the molecule is CNc1nc(N2CCCC2)nc(N2CC(O)C(O)C2)n1. The van der Waals surface area contributed by atoms with Gasteiger partial charge in [0.25, 0.3) is 0 Å². The van der Waals surface area contributed by atoms with E-state index >= 15 is 0 Å². The van der Waals surface area contributed by atoms with Crippen LogP contribution in [-0.2, 0) is 0 Å². The highest BCUT2D eigenvalue weighted by Gasteiger charge is 2.32. The molecule has 0 amide bonds. The summed E-state index contributed by atoms with van der Waals surface area (Å²) >= 11 is 0. The summed E-state index contributed by atoms with van der Waals surface area (Å²) in [6.45, 7) is 2.59. The van der Waals surface area contributed by atoms with Gasteiger partial charge >= 0.3 is 0 Å². The van der Waals surface area contributed by atoms with Crippen LogP contribution in [0.15, 0.2) is 0 Å². The lowest BCUT2D eigenvalue weighted by molar-refractivity contribution is 0.0572. The van der Waals surface area contributed by atoms with Crippen molar-refractivity contribution in [2.45, 2.75) is 25.0 Å². The zero-order valence-corrected chi connectivity index (χ0v) is 11.5. The zero-order valence-electron chi connectivity index (χ0n) is 11.5. The number of aliphatic hydroxyl groups excluding tert-OH is 2. The van der Waals surface area contributed by atoms with Crippen LogP contribution in [0.4, 0.5) is 17.8 Å². The fourth-order valence-electron chi connectivity index (χ4n) is 2.60. The maximum atomic E-state index is 9.65. The minimum absolute atomic E-state index is 0.341. The van der Waals surface area contributed by atoms with Crippen LogP contribution in [0.5, 0.6) is 0 Å². The van der Waals surface area contributed by atoms with Crippen molar-refractivity contribution >= 4 is 17.8 Å². The number of aromatic nitrogens is 3. The lowest BCUT2D eigenvalue weighted by Gasteiger charge is -2.20. The Morgan fingerprint density at radius 2 is 1.50 bits per heavy atom. The fourth-order valence-corrected chi connectivity index (χ4v) is 2.60. The molecular weight excluding hydrogens is 260 g/mol. The van der Waals surface area contributed by atoms with Crippen LogP contribution in [0.25, 0.3) is 0 Å². The van der Waals surface area contributed by atoms with Gasteiger partial charge in [0, 0.05) is 33.2 Å². The van der Waals surface area contributed by atoms with Gasteiger partial charge in [-0.05, 0) is 12.8 Å². The third-order valence-corrected chi connectivity index (χ3v) is 3.77. The van der Waals surface area contributed by atoms with E-state index in [0.717, 1.165) is 25.9 Å². The Hall–Kier alpha value is -1.67. The van der Waals surface area contributed by atoms with E-state index in [1.165, 1.54) is 0 Å². The second kappa shape index (κ2) is 5.37. The van der Waals surface area contributed by atoms with Gasteiger partial charge in [-0.25, -0.2) is 0 Å². The molecule has 3 heterocycles. The fraction of sp³-hybridized carbons (Fsp3) is 0.750. The first kappa shape index (κ1) is 13.3. The first-order valence-electron chi connectivity index (χ1n) is 6.97. The summed E-state index contributed by atoms with van der Waals surface area (Å²) in [5.41, 5.74) is 0. The maximum Gasteiger partial charge on any atom is 0.232 e. The molecule has 2 fully saturated rings. The van der Waals surface area contributed by atoms with Crippen molar-refractivity contribution in [3.8, 4) is 0 Å². The standard InChI is InChI=1S/C12H20N6O2/c1-13-10-14-11(17-4-2-3-5-17)16-12(15-10)18-6-8(19)9(20)7-18/h8-9,19-20H,2-7H2,1H3,(H,13,14,15,16). The van der Waals surface area contributed by atoms with Crippen LogP contribution in [0.2, 0.25) is 0 Å². The summed E-state index contributed by atoms with van der Waals surface area (Å²) in [6.07, 6.45) is 0.800. The van der Waals surface area contributed by atoms with Gasteiger partial charge in [0.15, 0.2) is 0 Å². The molecule has 8 heteroatoms. The molecule has 2 unspecified atom stereocenters. The summed E-state index contributed by atoms with van der Waals surface area (Å²) in [5.74, 6) is 1.67. The van der Waals surface area contributed by atoms with E-state index in [1.54, 1.807) is 11.9 Å². The molecule has 0 aliphatic carbocycles. The first-order valence-corrected chi connectivity index (χ1v) is 6.97. The molecule has 20 heavy (non-hydrogen) atoms. The Bertz CT molecular complexity index is 469. The van der Waals surface area contributed by atoms with Crippen molar-refractivity contribution in [3.05, 3.63) is 0 Å². The van der Waals surface area contributed by atoms with Crippen LogP contribution in [0, 0.1) is 0 Å². The summed E-state index contributed by atoms with van der Waals surface area (Å²) in [5, 5.41) is 22.2. The van der Waals surface area contributed by atoms with Crippen molar-refractivity contribution in [2.75, 3.05) is 48.3 Å². The smallest absolute Gasteiger partial charge is 0.232 e. The molecule has 2 aliphatic rings. The molecule has 2 saturated heterocycles. The van der Waals surface area contributed by atoms with E-state index in [1.807, 2.05) is 0 Å². The van der Waals surface area contributed by atoms with Crippen LogP contribution in [0.1, 0.15) is 12.8 Å². The first-order chi connectivity index (χ1) is 9.67. The van der Waals surface area contributed by atoms with Gasteiger partial charge in [0.1, 0.15) is 0 Å². The number of nitrogens with zero attached hydrogens (tertiary/aromatic N) is 5. The van der Waals surface area contributed by atoms with E-state index < -0.39 is 12.2 Å². The van der Waals surface area contributed by atoms with Gasteiger partial charge in [0.05, 0.1) is 12.2 Å². The van der Waals surface area contributed by atoms with Crippen LogP contribution in [-0.4, -0.2) is 70.6 Å². The highest BCUT2D eigenvalue weighted by molar-refractivity contribution is 5.46. The highest BCUT2D eigenvalue weighted by atomic mass is 16.3. The molecule has 2 aliphatic heterocycles. The molecule has 2 atom stereocenters. The summed E-state index contributed by atoms with van der Waals surface area (Å²) < 4.78 is 0. The molecular formula is C12H20N6O2. The van der Waals surface area contributed by atoms with Crippen LogP contribution < -0.4 is 15.1 Å². The maximum absolute atomic E-state index is 9.65. The minimum Gasteiger partial charge on any atom is -0.388 e. The molecule has 3 N–H and O–H groups in total. The van der Waals surface area contributed by atoms with Crippen LogP contribution in [0.3, 0.4) is 0 Å². The highest BCUT2D eigenvalue weighted by Crippen LogP contribution is 2.22. The second-order valence-corrected chi connectivity index (χ2v) is 5.24. The summed E-state index contributed by atoms with van der Waals surface area (Å²) in [4.78, 5) is 17.1. The van der Waals surface area contributed by atoms with Crippen molar-refractivity contribution in [1.29, 1.82) is 0 Å². The number of hydrogen-bond acceptors (Lipinski definition) is 8. The molecule has 0 aromatic carbocycles. The summed E-state index contributed by atoms with van der Waals surface area (Å²) in [7, 11) is 1.76. The molecule has 0 saturated carbocycles. The number of nitrogens with one attached hydrogen (secondary N) is 1. The third kappa shape index (κ3) is 2.48. The Balaban J connectivity index is 1.88. The molecule has 0 radical (unpaired) electrons. The molecule has 0 spiro atoms. The largest absolute Gasteiger partial charge is 0.388 e. The van der Waals surface area contributed by atoms with E-state index in [2.05, 4.69) is 25.2 Å². The predicted molar refractivity (Wildman–Crippen MR) is 75.0 cm³/mol. The van der Waals surface area contributed by atoms with Crippen molar-refractivity contribution in [1.82, 2.24) is 15.0 Å². The Kier molecular flexibility index (Phi) is 3.58. The van der Waals surface area contributed by atoms with Gasteiger partial charge < -0.3 is 25.3 Å². The topological polar surface area (TPSA) is 97.6 Å². The van der Waals surface area contributed by atoms with E-state index in [-0.39, 0.29) is 0 Å². The van der Waals surface area contributed by atoms with E-state index in [9.17, 15) is 10.2 Å². The number of rotatable bonds is 3. The van der Waals surface area contributed by atoms with Gasteiger partial charge in [-0.1, -0.05) is 0 Å². The number of β-amino-alcohol motifs (C(OH)–C–C–N with tert-alkyl or cyclic N) is 2. The van der Waals surface area contributed by atoms with Gasteiger partial charge in [-0.2, -0.15) is 15.0 Å². The number of hydrogen-bond donors (Lipinski definition) is 3. The molecule has 110 valence electrons. The quantitative estimate of drug-likeness (QED) is 0.652. The van der Waals surface area contributed by atoms with Crippen molar-refractivity contribution in [3.63, 3.8) is 0 Å². The Labute approximate surface area is 117 Å². The lowest BCUT2D eigenvalue weighted by Crippen LogP contribution is -2.27.